The standard InChI is InChI=1S/C21H20O4/c1-2-24-20(23)13-9-16-8-12-19(21-17(16)10-11-18(21)22)25-14-15-6-4-3-5-7-15/h3-9,12-13H,2,10-11,14H2,1H3/b13-9+. The molecule has 1 aliphatic rings. The average Bonchev–Trinajstić information content (AvgIpc) is 3.02. The summed E-state index contributed by atoms with van der Waals surface area (Å²) in [4.78, 5) is 23.8. The summed E-state index contributed by atoms with van der Waals surface area (Å²) in [6, 6.07) is 13.5. The third-order valence-electron chi connectivity index (χ3n) is 4.11. The first-order valence-corrected chi connectivity index (χ1v) is 8.39. The van der Waals surface area contributed by atoms with Gasteiger partial charge in [-0.1, -0.05) is 36.4 Å². The minimum atomic E-state index is -0.384. The summed E-state index contributed by atoms with van der Waals surface area (Å²) in [6.07, 6.45) is 4.24. The van der Waals surface area contributed by atoms with Crippen molar-refractivity contribution in [1.82, 2.24) is 0 Å². The van der Waals surface area contributed by atoms with Gasteiger partial charge >= 0.3 is 5.97 Å². The summed E-state index contributed by atoms with van der Waals surface area (Å²) in [5.41, 5.74) is 3.49. The predicted molar refractivity (Wildman–Crippen MR) is 95.5 cm³/mol. The van der Waals surface area contributed by atoms with Crippen molar-refractivity contribution in [3.05, 3.63) is 70.8 Å². The van der Waals surface area contributed by atoms with E-state index < -0.39 is 0 Å². The van der Waals surface area contributed by atoms with Crippen molar-refractivity contribution in [3.8, 4) is 5.75 Å². The highest BCUT2D eigenvalue weighted by atomic mass is 16.5. The molecular formula is C21H20O4. The summed E-state index contributed by atoms with van der Waals surface area (Å²) in [7, 11) is 0. The summed E-state index contributed by atoms with van der Waals surface area (Å²) in [5, 5.41) is 0. The molecule has 0 spiro atoms. The molecule has 0 amide bonds. The highest BCUT2D eigenvalue weighted by molar-refractivity contribution is 6.04. The quantitative estimate of drug-likeness (QED) is 0.592. The Bertz CT molecular complexity index is 806. The zero-order valence-electron chi connectivity index (χ0n) is 14.2. The molecule has 0 saturated carbocycles. The molecule has 0 aliphatic heterocycles. The van der Waals surface area contributed by atoms with Gasteiger partial charge in [-0.2, -0.15) is 0 Å². The van der Waals surface area contributed by atoms with Crippen LogP contribution in [0, 0.1) is 0 Å². The van der Waals surface area contributed by atoms with Gasteiger partial charge in [0, 0.05) is 12.5 Å². The van der Waals surface area contributed by atoms with Gasteiger partial charge in [-0.05, 0) is 42.2 Å². The van der Waals surface area contributed by atoms with E-state index in [1.54, 1.807) is 19.1 Å². The van der Waals surface area contributed by atoms with Gasteiger partial charge in [0.2, 0.25) is 0 Å². The lowest BCUT2D eigenvalue weighted by molar-refractivity contribution is -0.137. The SMILES string of the molecule is CCOC(=O)/C=C/c1ccc(OCc2ccccc2)c2c1CCC2=O. The van der Waals surface area contributed by atoms with Gasteiger partial charge in [0.05, 0.1) is 12.2 Å². The maximum absolute atomic E-state index is 12.3. The molecule has 4 heteroatoms. The number of fused-ring (bicyclic) bond motifs is 1. The van der Waals surface area contributed by atoms with Crippen LogP contribution in [0.4, 0.5) is 0 Å². The van der Waals surface area contributed by atoms with Crippen molar-refractivity contribution < 1.29 is 19.1 Å². The maximum atomic E-state index is 12.3. The number of hydrogen-bond donors (Lipinski definition) is 0. The number of benzene rings is 2. The topological polar surface area (TPSA) is 52.6 Å². The molecule has 2 aromatic rings. The lowest BCUT2D eigenvalue weighted by atomic mass is 10.0. The smallest absolute Gasteiger partial charge is 0.330 e. The number of ketones is 1. The van der Waals surface area contributed by atoms with Gasteiger partial charge in [-0.15, -0.1) is 0 Å². The van der Waals surface area contributed by atoms with Crippen LogP contribution >= 0.6 is 0 Å². The van der Waals surface area contributed by atoms with Crippen LogP contribution in [0.2, 0.25) is 0 Å². The van der Waals surface area contributed by atoms with Gasteiger partial charge < -0.3 is 9.47 Å². The molecule has 0 atom stereocenters. The van der Waals surface area contributed by atoms with Crippen LogP contribution in [-0.2, 0) is 22.6 Å². The van der Waals surface area contributed by atoms with Gasteiger partial charge in [-0.25, -0.2) is 4.79 Å². The minimum Gasteiger partial charge on any atom is -0.488 e. The summed E-state index contributed by atoms with van der Waals surface area (Å²) in [6.45, 7) is 2.52. The summed E-state index contributed by atoms with van der Waals surface area (Å²) >= 11 is 0. The number of hydrogen-bond acceptors (Lipinski definition) is 4. The van der Waals surface area contributed by atoms with Crippen LogP contribution in [0.5, 0.6) is 5.75 Å². The van der Waals surface area contributed by atoms with Crippen molar-refractivity contribution in [2.75, 3.05) is 6.61 Å². The van der Waals surface area contributed by atoms with Crippen LogP contribution in [0.25, 0.3) is 6.08 Å². The number of rotatable bonds is 6. The Morgan fingerprint density at radius 3 is 2.68 bits per heavy atom. The molecule has 2 aromatic carbocycles. The van der Waals surface area contributed by atoms with Gasteiger partial charge in [0.15, 0.2) is 5.78 Å². The second kappa shape index (κ2) is 7.79. The van der Waals surface area contributed by atoms with E-state index in [-0.39, 0.29) is 11.8 Å². The number of esters is 1. The van der Waals surface area contributed by atoms with Crippen molar-refractivity contribution in [1.29, 1.82) is 0 Å². The maximum Gasteiger partial charge on any atom is 0.330 e. The molecule has 0 fully saturated rings. The molecule has 0 bridgehead atoms. The molecule has 3 rings (SSSR count). The lowest BCUT2D eigenvalue weighted by Gasteiger charge is -2.12. The van der Waals surface area contributed by atoms with E-state index in [9.17, 15) is 9.59 Å². The van der Waals surface area contributed by atoms with E-state index in [0.29, 0.717) is 37.4 Å². The van der Waals surface area contributed by atoms with Crippen LogP contribution in [0.3, 0.4) is 0 Å². The molecule has 0 radical (unpaired) electrons. The van der Waals surface area contributed by atoms with E-state index in [1.165, 1.54) is 6.08 Å². The fourth-order valence-corrected chi connectivity index (χ4v) is 2.94. The van der Waals surface area contributed by atoms with Gasteiger partial charge in [0.1, 0.15) is 12.4 Å². The monoisotopic (exact) mass is 336 g/mol. The minimum absolute atomic E-state index is 0.0875. The predicted octanol–water partition coefficient (Wildman–Crippen LogP) is 3.97. The van der Waals surface area contributed by atoms with Crippen molar-refractivity contribution >= 4 is 17.8 Å². The van der Waals surface area contributed by atoms with E-state index in [0.717, 1.165) is 16.7 Å². The highest BCUT2D eigenvalue weighted by Crippen LogP contribution is 2.34. The van der Waals surface area contributed by atoms with Crippen molar-refractivity contribution in [2.45, 2.75) is 26.4 Å². The molecule has 0 unspecified atom stereocenters. The number of carbonyl (C=O) groups is 2. The Morgan fingerprint density at radius 1 is 1.12 bits per heavy atom. The third-order valence-corrected chi connectivity index (χ3v) is 4.11. The van der Waals surface area contributed by atoms with Gasteiger partial charge in [-0.3, -0.25) is 4.79 Å². The van der Waals surface area contributed by atoms with E-state index >= 15 is 0 Å². The number of carbonyl (C=O) groups excluding carboxylic acids is 2. The first kappa shape index (κ1) is 17.0. The molecule has 0 N–H and O–H groups in total. The molecule has 0 aromatic heterocycles. The van der Waals surface area contributed by atoms with E-state index in [1.807, 2.05) is 36.4 Å². The Morgan fingerprint density at radius 2 is 1.92 bits per heavy atom. The fourth-order valence-electron chi connectivity index (χ4n) is 2.94. The molecule has 4 nitrogen and oxygen atoms in total. The molecule has 25 heavy (non-hydrogen) atoms. The zero-order valence-corrected chi connectivity index (χ0v) is 14.2. The normalized spacial score (nSPS) is 13.1. The van der Waals surface area contributed by atoms with Crippen LogP contribution < -0.4 is 4.74 Å². The largest absolute Gasteiger partial charge is 0.488 e. The Labute approximate surface area is 147 Å². The number of Topliss-reactive ketones (excluding diaryl/α,β-unsaturated/α-hetero) is 1. The molecule has 128 valence electrons. The molecule has 0 saturated heterocycles. The summed E-state index contributed by atoms with van der Waals surface area (Å²) in [5.74, 6) is 0.309. The number of ether oxygens (including phenoxy) is 2. The van der Waals surface area contributed by atoms with Crippen LogP contribution in [0.15, 0.2) is 48.5 Å². The third kappa shape index (κ3) is 3.97. The fraction of sp³-hybridized carbons (Fsp3) is 0.238. The Balaban J connectivity index is 1.83. The van der Waals surface area contributed by atoms with Crippen LogP contribution in [-0.4, -0.2) is 18.4 Å². The Hall–Kier alpha value is -2.88. The summed E-state index contributed by atoms with van der Waals surface area (Å²) < 4.78 is 10.8. The highest BCUT2D eigenvalue weighted by Gasteiger charge is 2.26. The molecule has 0 heterocycles. The first-order valence-electron chi connectivity index (χ1n) is 8.39. The lowest BCUT2D eigenvalue weighted by Crippen LogP contribution is -2.03. The Kier molecular flexibility index (Phi) is 5.29. The second-order valence-corrected chi connectivity index (χ2v) is 5.79. The van der Waals surface area contributed by atoms with Crippen molar-refractivity contribution in [3.63, 3.8) is 0 Å². The van der Waals surface area contributed by atoms with Crippen molar-refractivity contribution in [2.24, 2.45) is 0 Å². The molecule has 1 aliphatic carbocycles. The average molecular weight is 336 g/mol. The van der Waals surface area contributed by atoms with E-state index in [4.69, 9.17) is 9.47 Å². The van der Waals surface area contributed by atoms with Crippen LogP contribution in [0.1, 0.15) is 40.4 Å². The second-order valence-electron chi connectivity index (χ2n) is 5.79. The van der Waals surface area contributed by atoms with Gasteiger partial charge in [0.25, 0.3) is 0 Å². The first-order chi connectivity index (χ1) is 12.2. The van der Waals surface area contributed by atoms with E-state index in [2.05, 4.69) is 0 Å². The zero-order chi connectivity index (χ0) is 17.6. The molecular weight excluding hydrogens is 316 g/mol.